The fourth-order valence-electron chi connectivity index (χ4n) is 1.75. The average molecular weight is 342 g/mol. The summed E-state index contributed by atoms with van der Waals surface area (Å²) in [4.78, 5) is 14.7. The Morgan fingerprint density at radius 3 is 2.50 bits per heavy atom. The van der Waals surface area contributed by atoms with Crippen LogP contribution in [0.15, 0.2) is 41.4 Å². The molecule has 118 valence electrons. The molecule has 0 fully saturated rings. The van der Waals surface area contributed by atoms with Crippen molar-refractivity contribution in [2.45, 2.75) is 11.4 Å². The van der Waals surface area contributed by atoms with E-state index in [0.717, 1.165) is 9.87 Å². The van der Waals surface area contributed by atoms with Crippen molar-refractivity contribution in [2.75, 3.05) is 14.1 Å². The van der Waals surface area contributed by atoms with Gasteiger partial charge in [-0.25, -0.2) is 12.7 Å². The zero-order chi connectivity index (χ0) is 16.3. The number of carbonyl (C=O) groups excluding carboxylic acids is 1. The van der Waals surface area contributed by atoms with Gasteiger partial charge in [-0.05, 0) is 23.8 Å². The van der Waals surface area contributed by atoms with Crippen molar-refractivity contribution in [1.82, 2.24) is 14.6 Å². The highest BCUT2D eigenvalue weighted by molar-refractivity contribution is 7.89. The smallest absolute Gasteiger partial charge is 0.268 e. The average Bonchev–Trinajstić information content (AvgIpc) is 2.96. The van der Waals surface area contributed by atoms with Crippen LogP contribution >= 0.6 is 11.6 Å². The van der Waals surface area contributed by atoms with Crippen LogP contribution in [0.3, 0.4) is 0 Å². The molecule has 0 saturated heterocycles. The quantitative estimate of drug-likeness (QED) is 0.870. The van der Waals surface area contributed by atoms with E-state index in [2.05, 4.69) is 10.3 Å². The van der Waals surface area contributed by atoms with Crippen LogP contribution in [-0.4, -0.2) is 37.7 Å². The molecule has 2 aromatic rings. The van der Waals surface area contributed by atoms with Gasteiger partial charge < -0.3 is 10.3 Å². The summed E-state index contributed by atoms with van der Waals surface area (Å²) in [6.45, 7) is 0.324. The van der Waals surface area contributed by atoms with E-state index in [4.69, 9.17) is 11.6 Å². The SMILES string of the molecule is CN(C)S(=O)(=O)c1c[nH]c(C(=O)NCc2ccc(Cl)cc2)c1. The molecule has 2 N–H and O–H groups in total. The second-order valence-electron chi connectivity index (χ2n) is 4.85. The van der Waals surface area contributed by atoms with Crippen LogP contribution in [0.5, 0.6) is 0 Å². The van der Waals surface area contributed by atoms with Crippen molar-refractivity contribution in [3.05, 3.63) is 52.8 Å². The lowest BCUT2D eigenvalue weighted by atomic mass is 10.2. The Morgan fingerprint density at radius 1 is 1.27 bits per heavy atom. The number of amides is 1. The first-order valence-corrected chi connectivity index (χ1v) is 8.26. The van der Waals surface area contributed by atoms with E-state index < -0.39 is 10.0 Å². The summed E-state index contributed by atoms with van der Waals surface area (Å²) in [5.74, 6) is -0.379. The molecule has 0 spiro atoms. The zero-order valence-corrected chi connectivity index (χ0v) is 13.7. The van der Waals surface area contributed by atoms with Crippen molar-refractivity contribution in [3.8, 4) is 0 Å². The third-order valence-electron chi connectivity index (χ3n) is 3.05. The van der Waals surface area contributed by atoms with Crippen LogP contribution in [0.1, 0.15) is 16.1 Å². The predicted molar refractivity (Wildman–Crippen MR) is 84.3 cm³/mol. The van der Waals surface area contributed by atoms with Gasteiger partial charge in [0.25, 0.3) is 5.91 Å². The number of nitrogens with one attached hydrogen (secondary N) is 2. The molecule has 2 rings (SSSR count). The van der Waals surface area contributed by atoms with Crippen LogP contribution in [0.2, 0.25) is 5.02 Å². The summed E-state index contributed by atoms with van der Waals surface area (Å²) in [5, 5.41) is 3.33. The lowest BCUT2D eigenvalue weighted by Gasteiger charge is -2.08. The van der Waals surface area contributed by atoms with Crippen LogP contribution in [0, 0.1) is 0 Å². The number of sulfonamides is 1. The Kier molecular flexibility index (Phi) is 4.90. The number of H-pyrrole nitrogens is 1. The highest BCUT2D eigenvalue weighted by Gasteiger charge is 2.20. The maximum atomic E-state index is 12.0. The Labute approximate surface area is 134 Å². The van der Waals surface area contributed by atoms with Crippen molar-refractivity contribution in [2.24, 2.45) is 0 Å². The summed E-state index contributed by atoms with van der Waals surface area (Å²) in [7, 11) is -0.688. The fourth-order valence-corrected chi connectivity index (χ4v) is 2.77. The molecule has 1 amide bonds. The lowest BCUT2D eigenvalue weighted by Crippen LogP contribution is -2.23. The molecule has 22 heavy (non-hydrogen) atoms. The van der Waals surface area contributed by atoms with Crippen LogP contribution in [-0.2, 0) is 16.6 Å². The van der Waals surface area contributed by atoms with Gasteiger partial charge in [-0.2, -0.15) is 0 Å². The number of carbonyl (C=O) groups is 1. The molecule has 0 radical (unpaired) electrons. The number of hydrogen-bond acceptors (Lipinski definition) is 3. The van der Waals surface area contributed by atoms with Gasteiger partial charge in [0.05, 0.1) is 0 Å². The first-order valence-electron chi connectivity index (χ1n) is 6.44. The van der Waals surface area contributed by atoms with E-state index in [0.29, 0.717) is 11.6 Å². The van der Waals surface area contributed by atoms with Gasteiger partial charge in [-0.15, -0.1) is 0 Å². The van der Waals surface area contributed by atoms with E-state index in [1.54, 1.807) is 24.3 Å². The van der Waals surface area contributed by atoms with Gasteiger partial charge in [0.15, 0.2) is 0 Å². The second-order valence-corrected chi connectivity index (χ2v) is 7.43. The predicted octanol–water partition coefficient (Wildman–Crippen LogP) is 1.85. The molecule has 1 heterocycles. The normalized spacial score (nSPS) is 11.6. The molecule has 0 bridgehead atoms. The minimum absolute atomic E-state index is 0.0501. The maximum Gasteiger partial charge on any atom is 0.268 e. The Morgan fingerprint density at radius 2 is 1.91 bits per heavy atom. The molecule has 6 nitrogen and oxygen atoms in total. The molecule has 0 aliphatic carbocycles. The monoisotopic (exact) mass is 341 g/mol. The first-order chi connectivity index (χ1) is 10.3. The summed E-state index contributed by atoms with van der Waals surface area (Å²) in [6, 6.07) is 8.39. The number of nitrogens with zero attached hydrogens (tertiary/aromatic N) is 1. The summed E-state index contributed by atoms with van der Waals surface area (Å²) in [6.07, 6.45) is 1.30. The Balaban J connectivity index is 2.05. The zero-order valence-electron chi connectivity index (χ0n) is 12.1. The molecule has 0 unspecified atom stereocenters. The van der Waals surface area contributed by atoms with Gasteiger partial charge >= 0.3 is 0 Å². The largest absolute Gasteiger partial charge is 0.356 e. The summed E-state index contributed by atoms with van der Waals surface area (Å²) >= 11 is 5.79. The molecule has 0 atom stereocenters. The minimum Gasteiger partial charge on any atom is -0.356 e. The molecule has 0 aliphatic heterocycles. The number of aromatic amines is 1. The highest BCUT2D eigenvalue weighted by atomic mass is 35.5. The Bertz CT molecular complexity index is 767. The van der Waals surface area contributed by atoms with Crippen molar-refractivity contribution < 1.29 is 13.2 Å². The third-order valence-corrected chi connectivity index (χ3v) is 5.09. The van der Waals surface area contributed by atoms with E-state index >= 15 is 0 Å². The number of benzene rings is 1. The first kappa shape index (κ1) is 16.5. The molecule has 8 heteroatoms. The van der Waals surface area contributed by atoms with Gasteiger partial charge in [0.1, 0.15) is 10.6 Å². The minimum atomic E-state index is -3.55. The van der Waals surface area contributed by atoms with Crippen LogP contribution in [0.4, 0.5) is 0 Å². The van der Waals surface area contributed by atoms with Crippen molar-refractivity contribution in [3.63, 3.8) is 0 Å². The molecule has 1 aromatic carbocycles. The van der Waals surface area contributed by atoms with Crippen LogP contribution in [0.25, 0.3) is 0 Å². The Hall–Kier alpha value is -1.83. The van der Waals surface area contributed by atoms with Crippen molar-refractivity contribution >= 4 is 27.5 Å². The van der Waals surface area contributed by atoms with Gasteiger partial charge in [0, 0.05) is 31.9 Å². The van der Waals surface area contributed by atoms with Crippen molar-refractivity contribution in [1.29, 1.82) is 0 Å². The standard InChI is InChI=1S/C14H16ClN3O3S/c1-18(2)22(20,21)12-7-13(16-9-12)14(19)17-8-10-3-5-11(15)6-4-10/h3-7,9,16H,8H2,1-2H3,(H,17,19). The second kappa shape index (κ2) is 6.51. The summed E-state index contributed by atoms with van der Waals surface area (Å²) in [5.41, 5.74) is 1.08. The van der Waals surface area contributed by atoms with E-state index in [9.17, 15) is 13.2 Å². The lowest BCUT2D eigenvalue weighted by molar-refractivity contribution is 0.0946. The fraction of sp³-hybridized carbons (Fsp3) is 0.214. The number of halogens is 1. The number of hydrogen-bond donors (Lipinski definition) is 2. The van der Waals surface area contributed by atoms with Crippen LogP contribution < -0.4 is 5.32 Å². The maximum absolute atomic E-state index is 12.0. The van der Waals surface area contributed by atoms with Gasteiger partial charge in [-0.1, -0.05) is 23.7 Å². The molecular weight excluding hydrogens is 326 g/mol. The van der Waals surface area contributed by atoms with E-state index in [1.165, 1.54) is 26.4 Å². The molecule has 0 saturated carbocycles. The third kappa shape index (κ3) is 3.68. The molecule has 1 aromatic heterocycles. The highest BCUT2D eigenvalue weighted by Crippen LogP contribution is 2.14. The van der Waals surface area contributed by atoms with E-state index in [1.807, 2.05) is 0 Å². The number of aromatic nitrogens is 1. The van der Waals surface area contributed by atoms with Gasteiger partial charge in [0.2, 0.25) is 10.0 Å². The molecular formula is C14H16ClN3O3S. The topological polar surface area (TPSA) is 82.3 Å². The number of rotatable bonds is 5. The summed E-state index contributed by atoms with van der Waals surface area (Å²) < 4.78 is 25.0. The van der Waals surface area contributed by atoms with E-state index in [-0.39, 0.29) is 16.5 Å². The van der Waals surface area contributed by atoms with Gasteiger partial charge in [-0.3, -0.25) is 4.79 Å². The molecule has 0 aliphatic rings.